The summed E-state index contributed by atoms with van der Waals surface area (Å²) in [6.07, 6.45) is 2.07. The number of benzene rings is 4. The molecule has 4 aromatic rings. The zero-order valence-electron chi connectivity index (χ0n) is 20.5. The second kappa shape index (κ2) is 11.2. The van der Waals surface area contributed by atoms with Gasteiger partial charge < -0.3 is 9.47 Å². The molecule has 0 amide bonds. The minimum Gasteiger partial charge on any atom is -0.426 e. The van der Waals surface area contributed by atoms with Gasteiger partial charge in [-0.15, -0.1) is 0 Å². The van der Waals surface area contributed by atoms with E-state index in [1.165, 1.54) is 13.8 Å². The van der Waals surface area contributed by atoms with Crippen LogP contribution in [-0.2, 0) is 22.7 Å². The van der Waals surface area contributed by atoms with E-state index in [9.17, 15) is 9.59 Å². The lowest BCUT2D eigenvalue weighted by molar-refractivity contribution is -0.132. The van der Waals surface area contributed by atoms with Crippen LogP contribution < -0.4 is 9.47 Å². The van der Waals surface area contributed by atoms with Crippen LogP contribution in [0.4, 0.5) is 0 Å². The first kappa shape index (κ1) is 24.4. The Labute approximate surface area is 206 Å². The SMILES string of the molecule is CCCCN(Cc1c(OC(C)=O)ccc2ccccc12)Cc1c(OC(C)=O)ccc2ccccc12. The maximum absolute atomic E-state index is 11.9. The molecule has 0 unspecified atom stereocenters. The summed E-state index contributed by atoms with van der Waals surface area (Å²) in [6.45, 7) is 7.05. The first-order valence-corrected chi connectivity index (χ1v) is 12.1. The van der Waals surface area contributed by atoms with E-state index in [2.05, 4.69) is 36.1 Å². The highest BCUT2D eigenvalue weighted by molar-refractivity contribution is 5.89. The second-order valence-electron chi connectivity index (χ2n) is 8.78. The molecule has 0 heterocycles. The zero-order valence-corrected chi connectivity index (χ0v) is 20.5. The van der Waals surface area contributed by atoms with Crippen molar-refractivity contribution < 1.29 is 19.1 Å². The van der Waals surface area contributed by atoms with Gasteiger partial charge in [0, 0.05) is 38.1 Å². The molecular weight excluding hydrogens is 438 g/mol. The maximum Gasteiger partial charge on any atom is 0.308 e. The summed E-state index contributed by atoms with van der Waals surface area (Å²) in [5.41, 5.74) is 1.95. The van der Waals surface area contributed by atoms with Gasteiger partial charge >= 0.3 is 11.9 Å². The molecule has 5 nitrogen and oxygen atoms in total. The van der Waals surface area contributed by atoms with Gasteiger partial charge in [-0.25, -0.2) is 0 Å². The smallest absolute Gasteiger partial charge is 0.308 e. The van der Waals surface area contributed by atoms with Gasteiger partial charge in [-0.2, -0.15) is 0 Å². The number of fused-ring (bicyclic) bond motifs is 2. The van der Waals surface area contributed by atoms with Crippen LogP contribution in [0.3, 0.4) is 0 Å². The molecule has 0 bridgehead atoms. The van der Waals surface area contributed by atoms with Crippen LogP contribution in [0.5, 0.6) is 11.5 Å². The third-order valence-electron chi connectivity index (χ3n) is 6.09. The van der Waals surface area contributed by atoms with Crippen LogP contribution in [0.2, 0.25) is 0 Å². The molecule has 0 atom stereocenters. The molecule has 0 saturated heterocycles. The van der Waals surface area contributed by atoms with Gasteiger partial charge in [0.15, 0.2) is 0 Å². The Morgan fingerprint density at radius 3 is 1.57 bits per heavy atom. The number of hydrogen-bond donors (Lipinski definition) is 0. The van der Waals surface area contributed by atoms with Crippen molar-refractivity contribution in [1.29, 1.82) is 0 Å². The Kier molecular flexibility index (Phi) is 7.78. The van der Waals surface area contributed by atoms with Crippen molar-refractivity contribution in [3.05, 3.63) is 83.9 Å². The van der Waals surface area contributed by atoms with Crippen molar-refractivity contribution in [2.75, 3.05) is 6.54 Å². The highest BCUT2D eigenvalue weighted by Gasteiger charge is 2.19. The van der Waals surface area contributed by atoms with Crippen molar-refractivity contribution >= 4 is 33.5 Å². The van der Waals surface area contributed by atoms with E-state index >= 15 is 0 Å². The third kappa shape index (κ3) is 5.87. The van der Waals surface area contributed by atoms with E-state index < -0.39 is 0 Å². The molecule has 0 radical (unpaired) electrons. The predicted octanol–water partition coefficient (Wildman–Crippen LogP) is 6.65. The Balaban J connectivity index is 1.79. The number of unbranched alkanes of at least 4 members (excludes halogenated alkanes) is 1. The average molecular weight is 470 g/mol. The van der Waals surface area contributed by atoms with Gasteiger partial charge in [0.05, 0.1) is 0 Å². The number of carbonyl (C=O) groups is 2. The first-order valence-electron chi connectivity index (χ1n) is 12.1. The molecule has 5 heteroatoms. The zero-order chi connectivity index (χ0) is 24.8. The van der Waals surface area contributed by atoms with Gasteiger partial charge in [0.1, 0.15) is 11.5 Å². The van der Waals surface area contributed by atoms with E-state index in [4.69, 9.17) is 9.47 Å². The largest absolute Gasteiger partial charge is 0.426 e. The van der Waals surface area contributed by atoms with Gasteiger partial charge in [0.25, 0.3) is 0 Å². The van der Waals surface area contributed by atoms with E-state index in [-0.39, 0.29) is 11.9 Å². The number of carbonyl (C=O) groups excluding carboxylic acids is 2. The first-order chi connectivity index (χ1) is 17.0. The summed E-state index contributed by atoms with van der Waals surface area (Å²) in [5.74, 6) is 0.479. The summed E-state index contributed by atoms with van der Waals surface area (Å²) in [4.78, 5) is 26.1. The van der Waals surface area contributed by atoms with Crippen molar-refractivity contribution in [1.82, 2.24) is 4.90 Å². The van der Waals surface area contributed by atoms with Crippen molar-refractivity contribution in [2.45, 2.75) is 46.7 Å². The van der Waals surface area contributed by atoms with Crippen molar-refractivity contribution in [3.63, 3.8) is 0 Å². The minimum absolute atomic E-state index is 0.340. The van der Waals surface area contributed by atoms with Crippen LogP contribution in [-0.4, -0.2) is 23.4 Å². The second-order valence-corrected chi connectivity index (χ2v) is 8.78. The Morgan fingerprint density at radius 2 is 1.14 bits per heavy atom. The van der Waals surface area contributed by atoms with Crippen LogP contribution in [0.15, 0.2) is 72.8 Å². The predicted molar refractivity (Wildman–Crippen MR) is 140 cm³/mol. The molecule has 0 fully saturated rings. The molecule has 0 aliphatic rings. The number of ether oxygens (including phenoxy) is 2. The summed E-state index contributed by atoms with van der Waals surface area (Å²) in [7, 11) is 0. The number of rotatable bonds is 9. The fourth-order valence-corrected chi connectivity index (χ4v) is 4.50. The number of esters is 2. The molecule has 4 aromatic carbocycles. The Bertz CT molecular complexity index is 1260. The lowest BCUT2D eigenvalue weighted by Crippen LogP contribution is -2.25. The molecule has 35 heavy (non-hydrogen) atoms. The van der Waals surface area contributed by atoms with E-state index in [1.54, 1.807) is 0 Å². The fraction of sp³-hybridized carbons (Fsp3) is 0.267. The van der Waals surface area contributed by atoms with Gasteiger partial charge in [-0.05, 0) is 46.6 Å². The highest BCUT2D eigenvalue weighted by atomic mass is 16.5. The molecule has 0 aliphatic carbocycles. The summed E-state index contributed by atoms with van der Waals surface area (Å²) >= 11 is 0. The molecule has 0 N–H and O–H groups in total. The van der Waals surface area contributed by atoms with Crippen LogP contribution in [0, 0.1) is 0 Å². The lowest BCUT2D eigenvalue weighted by Gasteiger charge is -2.26. The summed E-state index contributed by atoms with van der Waals surface area (Å²) in [6, 6.07) is 24.0. The van der Waals surface area contributed by atoms with Gasteiger partial charge in [-0.1, -0.05) is 74.0 Å². The van der Waals surface area contributed by atoms with Crippen LogP contribution >= 0.6 is 0 Å². The molecular formula is C30H31NO4. The highest BCUT2D eigenvalue weighted by Crippen LogP contribution is 2.33. The van der Waals surface area contributed by atoms with Gasteiger partial charge in [0.2, 0.25) is 0 Å². The quantitative estimate of drug-likeness (QED) is 0.203. The monoisotopic (exact) mass is 469 g/mol. The molecule has 4 rings (SSSR count). The number of nitrogens with zero attached hydrogens (tertiary/aromatic N) is 1. The maximum atomic E-state index is 11.9. The average Bonchev–Trinajstić information content (AvgIpc) is 2.84. The Morgan fingerprint density at radius 1 is 0.686 bits per heavy atom. The van der Waals surface area contributed by atoms with Crippen molar-refractivity contribution in [3.8, 4) is 11.5 Å². The van der Waals surface area contributed by atoms with E-state index in [1.807, 2.05) is 48.5 Å². The minimum atomic E-state index is -0.340. The standard InChI is InChI=1S/C30H31NO4/c1-4-5-18-31(19-27-25-12-8-6-10-23(25)14-16-29(27)34-21(2)32)20-28-26-13-9-7-11-24(26)15-17-30(28)35-22(3)33/h6-17H,4-5,18-20H2,1-3H3. The molecule has 0 spiro atoms. The fourth-order valence-electron chi connectivity index (χ4n) is 4.50. The Hall–Kier alpha value is -3.70. The van der Waals surface area contributed by atoms with E-state index in [0.717, 1.165) is 52.1 Å². The molecule has 0 aliphatic heterocycles. The molecule has 180 valence electrons. The van der Waals surface area contributed by atoms with Gasteiger partial charge in [-0.3, -0.25) is 14.5 Å². The van der Waals surface area contributed by atoms with Crippen LogP contribution in [0.1, 0.15) is 44.7 Å². The molecule has 0 aromatic heterocycles. The number of hydrogen-bond acceptors (Lipinski definition) is 5. The molecule has 0 saturated carbocycles. The lowest BCUT2D eigenvalue weighted by atomic mass is 10.0. The van der Waals surface area contributed by atoms with Crippen molar-refractivity contribution in [2.24, 2.45) is 0 Å². The summed E-state index contributed by atoms with van der Waals surface area (Å²) in [5, 5.41) is 4.32. The summed E-state index contributed by atoms with van der Waals surface area (Å²) < 4.78 is 11.2. The van der Waals surface area contributed by atoms with Crippen LogP contribution in [0.25, 0.3) is 21.5 Å². The van der Waals surface area contributed by atoms with E-state index in [0.29, 0.717) is 24.6 Å². The third-order valence-corrected chi connectivity index (χ3v) is 6.09. The normalized spacial score (nSPS) is 11.2. The topological polar surface area (TPSA) is 55.8 Å².